The quantitative estimate of drug-likeness (QED) is 0.788. The Morgan fingerprint density at radius 1 is 1.40 bits per heavy atom. The molecular weight excluding hydrogens is 214 g/mol. The van der Waals surface area contributed by atoms with Gasteiger partial charge in [0.1, 0.15) is 0 Å². The number of hydrogen-bond acceptors (Lipinski definition) is 2. The van der Waals surface area contributed by atoms with Gasteiger partial charge in [-0.2, -0.15) is 0 Å². The van der Waals surface area contributed by atoms with Crippen LogP contribution in [0.1, 0.15) is 17.3 Å². The van der Waals surface area contributed by atoms with Crippen LogP contribution in [0.2, 0.25) is 5.02 Å². The van der Waals surface area contributed by atoms with Crippen molar-refractivity contribution in [3.8, 4) is 0 Å². The largest absolute Gasteiger partial charge is 0.386 e. The molecule has 1 N–H and O–H groups in total. The topological polar surface area (TPSA) is 40.5 Å². The Kier molecular flexibility index (Phi) is 2.44. The van der Waals surface area contributed by atoms with E-state index in [1.807, 2.05) is 0 Å². The second kappa shape index (κ2) is 3.51. The molecule has 0 aromatic heterocycles. The lowest BCUT2D eigenvalue weighted by molar-refractivity contribution is -0.0668. The van der Waals surface area contributed by atoms with Gasteiger partial charge in [-0.05, 0) is 31.2 Å². The van der Waals surface area contributed by atoms with Crippen LogP contribution in [0.15, 0.2) is 24.3 Å². The fourth-order valence-corrected chi connectivity index (χ4v) is 1.82. The van der Waals surface area contributed by atoms with Crippen molar-refractivity contribution in [1.82, 2.24) is 4.90 Å². The van der Waals surface area contributed by atoms with E-state index >= 15 is 0 Å². The van der Waals surface area contributed by atoms with Gasteiger partial charge in [-0.15, -0.1) is 0 Å². The Balaban J connectivity index is 2.07. The van der Waals surface area contributed by atoms with Gasteiger partial charge in [-0.25, -0.2) is 0 Å². The number of β-amino-alcohol motifs (C(OH)–C–C–N with tert-alkyl or cyclic N) is 1. The molecule has 1 amide bonds. The van der Waals surface area contributed by atoms with Gasteiger partial charge in [0, 0.05) is 10.6 Å². The lowest BCUT2D eigenvalue weighted by Crippen LogP contribution is -2.61. The smallest absolute Gasteiger partial charge is 0.254 e. The fraction of sp³-hybridized carbons (Fsp3) is 0.364. The zero-order valence-corrected chi connectivity index (χ0v) is 9.16. The number of halogens is 1. The van der Waals surface area contributed by atoms with Gasteiger partial charge in [0.05, 0.1) is 18.7 Å². The van der Waals surface area contributed by atoms with Crippen molar-refractivity contribution in [3.63, 3.8) is 0 Å². The Morgan fingerprint density at radius 3 is 2.40 bits per heavy atom. The second-order valence-electron chi connectivity index (χ2n) is 4.17. The highest BCUT2D eigenvalue weighted by Crippen LogP contribution is 2.22. The number of aliphatic hydroxyl groups is 1. The molecule has 1 aliphatic rings. The summed E-state index contributed by atoms with van der Waals surface area (Å²) in [7, 11) is 0. The molecule has 0 unspecified atom stereocenters. The van der Waals surface area contributed by atoms with Crippen LogP contribution in [-0.4, -0.2) is 34.6 Å². The lowest BCUT2D eigenvalue weighted by Gasteiger charge is -2.44. The van der Waals surface area contributed by atoms with E-state index < -0.39 is 5.60 Å². The average Bonchev–Trinajstić information content (AvgIpc) is 2.14. The first-order valence-electron chi connectivity index (χ1n) is 4.75. The number of carbonyl (C=O) groups excluding carboxylic acids is 1. The number of likely N-dealkylation sites (tertiary alicyclic amines) is 1. The minimum Gasteiger partial charge on any atom is -0.386 e. The van der Waals surface area contributed by atoms with Crippen molar-refractivity contribution < 1.29 is 9.90 Å². The summed E-state index contributed by atoms with van der Waals surface area (Å²) in [5.74, 6) is -0.0572. The maximum Gasteiger partial charge on any atom is 0.254 e. The predicted molar refractivity (Wildman–Crippen MR) is 58.0 cm³/mol. The van der Waals surface area contributed by atoms with E-state index in [1.165, 1.54) is 0 Å². The van der Waals surface area contributed by atoms with Crippen LogP contribution in [0.5, 0.6) is 0 Å². The van der Waals surface area contributed by atoms with Crippen LogP contribution in [-0.2, 0) is 0 Å². The Morgan fingerprint density at radius 2 is 1.93 bits per heavy atom. The van der Waals surface area contributed by atoms with E-state index in [-0.39, 0.29) is 5.91 Å². The SMILES string of the molecule is CC1(O)CN(C(=O)c2ccc(Cl)cc2)C1. The van der Waals surface area contributed by atoms with Crippen LogP contribution in [0, 0.1) is 0 Å². The van der Waals surface area contributed by atoms with Crippen LogP contribution >= 0.6 is 11.6 Å². The van der Waals surface area contributed by atoms with E-state index in [2.05, 4.69) is 0 Å². The number of rotatable bonds is 1. The predicted octanol–water partition coefficient (Wildman–Crippen LogP) is 1.55. The van der Waals surface area contributed by atoms with E-state index in [0.29, 0.717) is 23.7 Å². The number of amides is 1. The highest BCUT2D eigenvalue weighted by atomic mass is 35.5. The standard InChI is InChI=1S/C11H12ClNO2/c1-11(15)6-13(7-11)10(14)8-2-4-9(12)5-3-8/h2-5,15H,6-7H2,1H3. The Hall–Kier alpha value is -1.06. The average molecular weight is 226 g/mol. The van der Waals surface area contributed by atoms with Crippen molar-refractivity contribution in [2.24, 2.45) is 0 Å². The number of nitrogens with zero attached hydrogens (tertiary/aromatic N) is 1. The van der Waals surface area contributed by atoms with Crippen LogP contribution in [0.4, 0.5) is 0 Å². The summed E-state index contributed by atoms with van der Waals surface area (Å²) in [6.07, 6.45) is 0. The van der Waals surface area contributed by atoms with Crippen LogP contribution in [0.3, 0.4) is 0 Å². The summed E-state index contributed by atoms with van der Waals surface area (Å²) in [6.45, 7) is 2.52. The molecule has 0 atom stereocenters. The Bertz CT molecular complexity index is 378. The van der Waals surface area contributed by atoms with E-state index in [4.69, 9.17) is 11.6 Å². The van der Waals surface area contributed by atoms with Crippen molar-refractivity contribution in [1.29, 1.82) is 0 Å². The molecule has 4 heteroatoms. The first-order chi connectivity index (χ1) is 6.98. The summed E-state index contributed by atoms with van der Waals surface area (Å²) >= 11 is 5.72. The van der Waals surface area contributed by atoms with E-state index in [1.54, 1.807) is 36.1 Å². The lowest BCUT2D eigenvalue weighted by atomic mass is 9.96. The van der Waals surface area contributed by atoms with E-state index in [9.17, 15) is 9.90 Å². The summed E-state index contributed by atoms with van der Waals surface area (Å²) in [4.78, 5) is 13.4. The summed E-state index contributed by atoms with van der Waals surface area (Å²) in [5, 5.41) is 10.1. The molecule has 0 saturated carbocycles. The van der Waals surface area contributed by atoms with Gasteiger partial charge in [0.25, 0.3) is 5.91 Å². The maximum atomic E-state index is 11.8. The molecule has 0 spiro atoms. The molecule has 0 bridgehead atoms. The molecular formula is C11H12ClNO2. The zero-order valence-electron chi connectivity index (χ0n) is 8.40. The summed E-state index contributed by atoms with van der Waals surface area (Å²) < 4.78 is 0. The molecule has 0 aliphatic carbocycles. The van der Waals surface area contributed by atoms with Gasteiger partial charge in [-0.3, -0.25) is 4.79 Å². The van der Waals surface area contributed by atoms with Gasteiger partial charge >= 0.3 is 0 Å². The van der Waals surface area contributed by atoms with Crippen molar-refractivity contribution in [2.75, 3.05) is 13.1 Å². The van der Waals surface area contributed by atoms with Gasteiger partial charge in [0.15, 0.2) is 0 Å². The third-order valence-corrected chi connectivity index (χ3v) is 2.69. The first kappa shape index (κ1) is 10.5. The molecule has 1 fully saturated rings. The number of hydrogen-bond donors (Lipinski definition) is 1. The first-order valence-corrected chi connectivity index (χ1v) is 5.13. The van der Waals surface area contributed by atoms with Crippen LogP contribution in [0.25, 0.3) is 0 Å². The Labute approximate surface area is 93.3 Å². The van der Waals surface area contributed by atoms with Crippen LogP contribution < -0.4 is 0 Å². The molecule has 15 heavy (non-hydrogen) atoms. The summed E-state index contributed by atoms with van der Waals surface area (Å²) in [6, 6.07) is 6.76. The van der Waals surface area contributed by atoms with Crippen molar-refractivity contribution in [2.45, 2.75) is 12.5 Å². The molecule has 80 valence electrons. The third kappa shape index (κ3) is 2.13. The molecule has 3 nitrogen and oxygen atoms in total. The highest BCUT2D eigenvalue weighted by Gasteiger charge is 2.39. The second-order valence-corrected chi connectivity index (χ2v) is 4.60. The van der Waals surface area contributed by atoms with E-state index in [0.717, 1.165) is 0 Å². The minimum atomic E-state index is -0.720. The monoisotopic (exact) mass is 225 g/mol. The maximum absolute atomic E-state index is 11.8. The zero-order chi connectivity index (χ0) is 11.1. The third-order valence-electron chi connectivity index (χ3n) is 2.44. The van der Waals surface area contributed by atoms with Crippen molar-refractivity contribution in [3.05, 3.63) is 34.9 Å². The van der Waals surface area contributed by atoms with Gasteiger partial charge in [0.2, 0.25) is 0 Å². The molecule has 1 aliphatic heterocycles. The number of carbonyl (C=O) groups is 1. The molecule has 1 saturated heterocycles. The van der Waals surface area contributed by atoms with Crippen molar-refractivity contribution >= 4 is 17.5 Å². The molecule has 2 rings (SSSR count). The fourth-order valence-electron chi connectivity index (χ4n) is 1.69. The molecule has 1 aromatic carbocycles. The van der Waals surface area contributed by atoms with Gasteiger partial charge < -0.3 is 10.0 Å². The molecule has 1 heterocycles. The normalized spacial score (nSPS) is 18.5. The summed E-state index contributed by atoms with van der Waals surface area (Å²) in [5.41, 5.74) is -0.114. The number of benzene rings is 1. The van der Waals surface area contributed by atoms with Gasteiger partial charge in [-0.1, -0.05) is 11.6 Å². The minimum absolute atomic E-state index is 0.0572. The molecule has 0 radical (unpaired) electrons. The molecule has 1 aromatic rings. The highest BCUT2D eigenvalue weighted by molar-refractivity contribution is 6.30.